The number of carbonyl (C=O) groups excluding carboxylic acids is 1. The lowest BCUT2D eigenvalue weighted by molar-refractivity contribution is -0.113. The number of hydrogen-bond donors (Lipinski definition) is 1. The molecule has 2 aromatic carbocycles. The SMILES string of the molecule is CCOc1ccc2nc(NC(=O)CSc3nnc([C@H](CC)N(C)C)n3Cc3ccccc3)sc2c1. The predicted octanol–water partition coefficient (Wildman–Crippen LogP) is 5.08. The van der Waals surface area contributed by atoms with Crippen molar-refractivity contribution in [1.82, 2.24) is 24.6 Å². The van der Waals surface area contributed by atoms with Crippen molar-refractivity contribution in [2.24, 2.45) is 0 Å². The highest BCUT2D eigenvalue weighted by atomic mass is 32.2. The topological polar surface area (TPSA) is 85.2 Å². The second kappa shape index (κ2) is 11.7. The van der Waals surface area contributed by atoms with Crippen molar-refractivity contribution in [1.29, 1.82) is 0 Å². The van der Waals surface area contributed by atoms with Crippen LogP contribution in [0.4, 0.5) is 5.13 Å². The van der Waals surface area contributed by atoms with Gasteiger partial charge < -0.3 is 14.6 Å². The molecule has 0 unspecified atom stereocenters. The van der Waals surface area contributed by atoms with Gasteiger partial charge in [0.25, 0.3) is 0 Å². The van der Waals surface area contributed by atoms with Crippen molar-refractivity contribution >= 4 is 44.4 Å². The molecular weight excluding hydrogens is 480 g/mol. The van der Waals surface area contributed by atoms with Crippen LogP contribution in [0.1, 0.15) is 37.7 Å². The van der Waals surface area contributed by atoms with Crippen molar-refractivity contribution in [3.8, 4) is 5.75 Å². The summed E-state index contributed by atoms with van der Waals surface area (Å²) in [5, 5.41) is 13.2. The van der Waals surface area contributed by atoms with E-state index >= 15 is 0 Å². The summed E-state index contributed by atoms with van der Waals surface area (Å²) in [7, 11) is 4.09. The van der Waals surface area contributed by atoms with E-state index in [0.717, 1.165) is 38.9 Å². The van der Waals surface area contributed by atoms with Crippen LogP contribution in [0.2, 0.25) is 0 Å². The zero-order valence-corrected chi connectivity index (χ0v) is 22.0. The van der Waals surface area contributed by atoms with Gasteiger partial charge in [0.2, 0.25) is 5.91 Å². The van der Waals surface area contributed by atoms with E-state index in [-0.39, 0.29) is 17.7 Å². The summed E-state index contributed by atoms with van der Waals surface area (Å²) in [4.78, 5) is 19.4. The highest BCUT2D eigenvalue weighted by Gasteiger charge is 2.23. The molecule has 0 aliphatic heterocycles. The van der Waals surface area contributed by atoms with Gasteiger partial charge in [-0.1, -0.05) is 60.4 Å². The number of benzene rings is 2. The minimum Gasteiger partial charge on any atom is -0.494 e. The van der Waals surface area contributed by atoms with Crippen LogP contribution in [0.5, 0.6) is 5.75 Å². The van der Waals surface area contributed by atoms with Gasteiger partial charge >= 0.3 is 0 Å². The molecule has 0 aliphatic rings. The molecule has 184 valence electrons. The van der Waals surface area contributed by atoms with E-state index < -0.39 is 0 Å². The minimum absolute atomic E-state index is 0.130. The zero-order valence-electron chi connectivity index (χ0n) is 20.4. The number of rotatable bonds is 11. The first-order valence-electron chi connectivity index (χ1n) is 11.6. The van der Waals surface area contributed by atoms with E-state index in [1.807, 2.05) is 57.4 Å². The third-order valence-electron chi connectivity index (χ3n) is 5.49. The summed E-state index contributed by atoms with van der Waals surface area (Å²) in [6, 6.07) is 16.1. The lowest BCUT2D eigenvalue weighted by Gasteiger charge is -2.23. The lowest BCUT2D eigenvalue weighted by atomic mass is 10.2. The van der Waals surface area contributed by atoms with Gasteiger partial charge in [0.15, 0.2) is 16.1 Å². The number of nitrogens with zero attached hydrogens (tertiary/aromatic N) is 5. The molecule has 8 nitrogen and oxygen atoms in total. The summed E-state index contributed by atoms with van der Waals surface area (Å²) in [5.41, 5.74) is 2.00. The molecule has 1 atom stereocenters. The largest absolute Gasteiger partial charge is 0.494 e. The van der Waals surface area contributed by atoms with Crippen LogP contribution in [0.15, 0.2) is 53.7 Å². The Labute approximate surface area is 213 Å². The van der Waals surface area contributed by atoms with E-state index in [4.69, 9.17) is 4.74 Å². The predicted molar refractivity (Wildman–Crippen MR) is 142 cm³/mol. The van der Waals surface area contributed by atoms with Gasteiger partial charge in [-0.05, 0) is 51.2 Å². The fraction of sp³-hybridized carbons (Fsp3) is 0.360. The van der Waals surface area contributed by atoms with Crippen molar-refractivity contribution < 1.29 is 9.53 Å². The summed E-state index contributed by atoms with van der Waals surface area (Å²) in [6.07, 6.45) is 0.910. The molecule has 2 heterocycles. The highest BCUT2D eigenvalue weighted by Crippen LogP contribution is 2.30. The number of amides is 1. The molecule has 0 spiro atoms. The standard InChI is InChI=1S/C25H30N6O2S2/c1-5-20(30(3)4)23-28-29-25(31(23)15-17-10-8-7-9-11-17)34-16-22(32)27-24-26-19-13-12-18(33-6-2)14-21(19)35-24/h7-14,20H,5-6,15-16H2,1-4H3,(H,26,27,32)/t20-/m0/s1. The Bertz CT molecular complexity index is 1270. The van der Waals surface area contributed by atoms with Crippen LogP contribution in [-0.2, 0) is 11.3 Å². The number of thiazole rings is 1. The average Bonchev–Trinajstić information content (AvgIpc) is 3.42. The van der Waals surface area contributed by atoms with Crippen molar-refractivity contribution in [2.75, 3.05) is 31.8 Å². The Balaban J connectivity index is 1.48. The van der Waals surface area contributed by atoms with Crippen LogP contribution >= 0.6 is 23.1 Å². The number of hydrogen-bond acceptors (Lipinski definition) is 8. The molecule has 2 aromatic heterocycles. The Morgan fingerprint density at radius 3 is 2.69 bits per heavy atom. The number of carbonyl (C=O) groups is 1. The van der Waals surface area contributed by atoms with E-state index in [2.05, 4.69) is 49.0 Å². The normalized spacial score (nSPS) is 12.3. The first kappa shape index (κ1) is 25.2. The molecule has 0 fully saturated rings. The van der Waals surface area contributed by atoms with Gasteiger partial charge in [-0.2, -0.15) is 0 Å². The summed E-state index contributed by atoms with van der Waals surface area (Å²) in [5.74, 6) is 1.79. The highest BCUT2D eigenvalue weighted by molar-refractivity contribution is 7.99. The van der Waals surface area contributed by atoms with Crippen molar-refractivity contribution in [2.45, 2.75) is 38.0 Å². The fourth-order valence-electron chi connectivity index (χ4n) is 3.85. The van der Waals surface area contributed by atoms with E-state index in [0.29, 0.717) is 18.3 Å². The summed E-state index contributed by atoms with van der Waals surface area (Å²) >= 11 is 2.82. The van der Waals surface area contributed by atoms with E-state index in [9.17, 15) is 4.79 Å². The maximum absolute atomic E-state index is 12.8. The molecule has 0 saturated carbocycles. The molecule has 0 aliphatic carbocycles. The molecule has 4 rings (SSSR count). The van der Waals surface area contributed by atoms with Crippen LogP contribution in [-0.4, -0.2) is 57.0 Å². The molecule has 4 aromatic rings. The molecule has 35 heavy (non-hydrogen) atoms. The third kappa shape index (κ3) is 6.19. The number of anilines is 1. The molecule has 1 N–H and O–H groups in total. The van der Waals surface area contributed by atoms with Gasteiger partial charge in [0.1, 0.15) is 5.75 Å². The second-order valence-electron chi connectivity index (χ2n) is 8.22. The van der Waals surface area contributed by atoms with Crippen molar-refractivity contribution in [3.63, 3.8) is 0 Å². The Morgan fingerprint density at radius 1 is 1.17 bits per heavy atom. The number of fused-ring (bicyclic) bond motifs is 1. The number of thioether (sulfide) groups is 1. The van der Waals surface area contributed by atoms with Gasteiger partial charge in [-0.25, -0.2) is 4.98 Å². The fourth-order valence-corrected chi connectivity index (χ4v) is 5.50. The Kier molecular flexibility index (Phi) is 8.37. The van der Waals surface area contributed by atoms with Crippen molar-refractivity contribution in [3.05, 3.63) is 59.9 Å². The zero-order chi connectivity index (χ0) is 24.8. The van der Waals surface area contributed by atoms with Crippen LogP contribution < -0.4 is 10.1 Å². The third-order valence-corrected chi connectivity index (χ3v) is 7.39. The number of aromatic nitrogens is 4. The maximum atomic E-state index is 12.8. The molecule has 0 bridgehead atoms. The molecular formula is C25H30N6O2S2. The van der Waals surface area contributed by atoms with Gasteiger partial charge in [-0.15, -0.1) is 10.2 Å². The second-order valence-corrected chi connectivity index (χ2v) is 10.2. The van der Waals surface area contributed by atoms with Crippen LogP contribution in [0, 0.1) is 0 Å². The Hall–Kier alpha value is -2.95. The molecule has 1 amide bonds. The van der Waals surface area contributed by atoms with Gasteiger partial charge in [0, 0.05) is 0 Å². The van der Waals surface area contributed by atoms with Crippen LogP contribution in [0.25, 0.3) is 10.2 Å². The number of nitrogens with one attached hydrogen (secondary N) is 1. The van der Waals surface area contributed by atoms with Crippen LogP contribution in [0.3, 0.4) is 0 Å². The lowest BCUT2D eigenvalue weighted by Crippen LogP contribution is -2.23. The monoisotopic (exact) mass is 510 g/mol. The summed E-state index contributed by atoms with van der Waals surface area (Å²) < 4.78 is 8.65. The molecule has 10 heteroatoms. The minimum atomic E-state index is -0.130. The smallest absolute Gasteiger partial charge is 0.236 e. The average molecular weight is 511 g/mol. The summed E-state index contributed by atoms with van der Waals surface area (Å²) in [6.45, 7) is 5.35. The van der Waals surface area contributed by atoms with E-state index in [1.54, 1.807) is 0 Å². The Morgan fingerprint density at radius 2 is 1.97 bits per heavy atom. The quantitative estimate of drug-likeness (QED) is 0.282. The molecule has 0 radical (unpaired) electrons. The van der Waals surface area contributed by atoms with Gasteiger partial charge in [0.05, 0.1) is 35.2 Å². The number of ether oxygens (including phenoxy) is 1. The first-order valence-corrected chi connectivity index (χ1v) is 13.4. The first-order chi connectivity index (χ1) is 17.0. The molecule has 0 saturated heterocycles. The van der Waals surface area contributed by atoms with E-state index in [1.165, 1.54) is 23.1 Å². The van der Waals surface area contributed by atoms with Gasteiger partial charge in [-0.3, -0.25) is 9.69 Å². The maximum Gasteiger partial charge on any atom is 0.236 e.